The predicted molar refractivity (Wildman–Crippen MR) is 50.3 cm³/mol. The molecule has 0 amide bonds. The molecule has 0 aliphatic heterocycles. The monoisotopic (exact) mass is 172 g/mol. The van der Waals surface area contributed by atoms with E-state index in [0.717, 1.165) is 5.56 Å². The second-order valence-corrected chi connectivity index (χ2v) is 2.66. The third-order valence-corrected chi connectivity index (χ3v) is 1.80. The van der Waals surface area contributed by atoms with Crippen LogP contribution in [0.2, 0.25) is 0 Å². The number of aromatic amines is 1. The maximum Gasteiger partial charge on any atom is 0.258 e. The van der Waals surface area contributed by atoms with Crippen LogP contribution in [0.5, 0.6) is 0 Å². The van der Waals surface area contributed by atoms with E-state index >= 15 is 0 Å². The number of H-pyrrole nitrogens is 1. The molecule has 0 atom stereocenters. The Balaban J connectivity index is 2.60. The molecule has 1 heterocycles. The lowest BCUT2D eigenvalue weighted by Gasteiger charge is -1.97. The van der Waals surface area contributed by atoms with E-state index in [4.69, 9.17) is 0 Å². The van der Waals surface area contributed by atoms with Crippen LogP contribution in [0.4, 0.5) is 0 Å². The van der Waals surface area contributed by atoms with Gasteiger partial charge in [-0.3, -0.25) is 4.79 Å². The first-order chi connectivity index (χ1) is 6.38. The van der Waals surface area contributed by atoms with E-state index in [9.17, 15) is 4.79 Å². The fourth-order valence-corrected chi connectivity index (χ4v) is 1.17. The largest absolute Gasteiger partial charge is 0.313 e. The van der Waals surface area contributed by atoms with Crippen LogP contribution in [-0.4, -0.2) is 9.97 Å². The fourth-order valence-electron chi connectivity index (χ4n) is 1.17. The lowest BCUT2D eigenvalue weighted by molar-refractivity contribution is 1.12. The van der Waals surface area contributed by atoms with E-state index in [0.29, 0.717) is 5.56 Å². The highest BCUT2D eigenvalue weighted by molar-refractivity contribution is 5.60. The third-order valence-electron chi connectivity index (χ3n) is 1.80. The molecule has 3 nitrogen and oxygen atoms in total. The highest BCUT2D eigenvalue weighted by Gasteiger charge is 1.99. The van der Waals surface area contributed by atoms with Gasteiger partial charge in [-0.1, -0.05) is 30.3 Å². The molecular formula is C10H8N2O. The molecule has 0 saturated heterocycles. The topological polar surface area (TPSA) is 45.8 Å². The molecule has 13 heavy (non-hydrogen) atoms. The number of nitrogens with one attached hydrogen (secondary N) is 1. The number of rotatable bonds is 1. The summed E-state index contributed by atoms with van der Waals surface area (Å²) in [5.74, 6) is 0. The summed E-state index contributed by atoms with van der Waals surface area (Å²) in [4.78, 5) is 17.7. The van der Waals surface area contributed by atoms with E-state index in [2.05, 4.69) is 9.97 Å². The lowest BCUT2D eigenvalue weighted by atomic mass is 10.1. The molecule has 1 N–H and O–H groups in total. The number of nitrogens with zero attached hydrogens (tertiary/aromatic N) is 1. The molecule has 2 rings (SSSR count). The minimum Gasteiger partial charge on any atom is -0.313 e. The van der Waals surface area contributed by atoms with Crippen molar-refractivity contribution in [3.63, 3.8) is 0 Å². The molecular weight excluding hydrogens is 164 g/mol. The Morgan fingerprint density at radius 2 is 1.92 bits per heavy atom. The van der Waals surface area contributed by atoms with Gasteiger partial charge in [-0.25, -0.2) is 4.98 Å². The summed E-state index contributed by atoms with van der Waals surface area (Å²) in [5, 5.41) is 0. The van der Waals surface area contributed by atoms with Crippen molar-refractivity contribution < 1.29 is 0 Å². The van der Waals surface area contributed by atoms with Gasteiger partial charge in [-0.05, 0) is 5.56 Å². The van der Waals surface area contributed by atoms with Gasteiger partial charge in [0.1, 0.15) is 0 Å². The molecule has 1 aromatic heterocycles. The molecule has 0 aliphatic rings. The molecule has 0 unspecified atom stereocenters. The summed E-state index contributed by atoms with van der Waals surface area (Å²) in [7, 11) is 0. The maximum atomic E-state index is 11.3. The highest BCUT2D eigenvalue weighted by atomic mass is 16.1. The molecule has 3 heteroatoms. The second kappa shape index (κ2) is 3.23. The number of hydrogen-bond donors (Lipinski definition) is 1. The fraction of sp³-hybridized carbons (Fsp3) is 0. The smallest absolute Gasteiger partial charge is 0.258 e. The van der Waals surface area contributed by atoms with Crippen molar-refractivity contribution in [3.05, 3.63) is 53.2 Å². The van der Waals surface area contributed by atoms with Gasteiger partial charge in [0, 0.05) is 6.20 Å². The van der Waals surface area contributed by atoms with Gasteiger partial charge in [0.15, 0.2) is 0 Å². The molecule has 1 aromatic carbocycles. The van der Waals surface area contributed by atoms with Crippen LogP contribution >= 0.6 is 0 Å². The Labute approximate surface area is 75.1 Å². The minimum absolute atomic E-state index is 0.110. The number of benzene rings is 1. The quantitative estimate of drug-likeness (QED) is 0.707. The molecule has 0 aliphatic carbocycles. The van der Waals surface area contributed by atoms with E-state index < -0.39 is 0 Å². The van der Waals surface area contributed by atoms with Crippen LogP contribution in [0.15, 0.2) is 47.7 Å². The van der Waals surface area contributed by atoms with Crippen LogP contribution < -0.4 is 5.56 Å². The first-order valence-corrected chi connectivity index (χ1v) is 3.96. The molecule has 2 aromatic rings. The summed E-state index contributed by atoms with van der Waals surface area (Å²) in [5.41, 5.74) is 1.38. The van der Waals surface area contributed by atoms with Crippen molar-refractivity contribution in [2.24, 2.45) is 0 Å². The van der Waals surface area contributed by atoms with Gasteiger partial charge in [-0.15, -0.1) is 0 Å². The SMILES string of the molecule is O=c1[nH]cncc1-c1ccccc1. The number of aromatic nitrogens is 2. The Morgan fingerprint density at radius 1 is 1.15 bits per heavy atom. The molecule has 64 valence electrons. The Morgan fingerprint density at radius 3 is 2.62 bits per heavy atom. The average Bonchev–Trinajstić information content (AvgIpc) is 2.20. The Hall–Kier alpha value is -1.90. The highest BCUT2D eigenvalue weighted by Crippen LogP contribution is 2.11. The predicted octanol–water partition coefficient (Wildman–Crippen LogP) is 1.44. The van der Waals surface area contributed by atoms with Gasteiger partial charge < -0.3 is 4.98 Å². The standard InChI is InChI=1S/C10H8N2O/c13-10-9(6-11-7-12-10)8-4-2-1-3-5-8/h1-7H,(H,11,12,13). The summed E-state index contributed by atoms with van der Waals surface area (Å²) in [6.45, 7) is 0. The summed E-state index contributed by atoms with van der Waals surface area (Å²) in [6, 6.07) is 9.45. The van der Waals surface area contributed by atoms with Crippen molar-refractivity contribution in [2.75, 3.05) is 0 Å². The van der Waals surface area contributed by atoms with Crippen molar-refractivity contribution in [1.82, 2.24) is 9.97 Å². The van der Waals surface area contributed by atoms with Crippen LogP contribution in [0.1, 0.15) is 0 Å². The van der Waals surface area contributed by atoms with E-state index in [-0.39, 0.29) is 5.56 Å². The Bertz CT molecular complexity index is 448. The zero-order chi connectivity index (χ0) is 9.10. The molecule has 0 saturated carbocycles. The summed E-state index contributed by atoms with van der Waals surface area (Å²) >= 11 is 0. The third kappa shape index (κ3) is 1.49. The van der Waals surface area contributed by atoms with E-state index in [1.54, 1.807) is 6.20 Å². The van der Waals surface area contributed by atoms with Gasteiger partial charge in [-0.2, -0.15) is 0 Å². The maximum absolute atomic E-state index is 11.3. The van der Waals surface area contributed by atoms with E-state index in [1.807, 2.05) is 30.3 Å². The van der Waals surface area contributed by atoms with Crippen molar-refractivity contribution in [3.8, 4) is 11.1 Å². The Kier molecular flexibility index (Phi) is 1.92. The van der Waals surface area contributed by atoms with Crippen molar-refractivity contribution >= 4 is 0 Å². The van der Waals surface area contributed by atoms with Gasteiger partial charge in [0.05, 0.1) is 11.9 Å². The van der Waals surface area contributed by atoms with Crippen LogP contribution in [-0.2, 0) is 0 Å². The summed E-state index contributed by atoms with van der Waals surface area (Å²) < 4.78 is 0. The lowest BCUT2D eigenvalue weighted by Crippen LogP contribution is -2.07. The summed E-state index contributed by atoms with van der Waals surface area (Å²) in [6.07, 6.45) is 2.95. The molecule has 0 fully saturated rings. The van der Waals surface area contributed by atoms with Crippen LogP contribution in [0.25, 0.3) is 11.1 Å². The normalized spacial score (nSPS) is 9.85. The number of hydrogen-bond acceptors (Lipinski definition) is 2. The van der Waals surface area contributed by atoms with Gasteiger partial charge in [0.25, 0.3) is 5.56 Å². The molecule has 0 bridgehead atoms. The van der Waals surface area contributed by atoms with Crippen molar-refractivity contribution in [2.45, 2.75) is 0 Å². The van der Waals surface area contributed by atoms with E-state index in [1.165, 1.54) is 6.33 Å². The average molecular weight is 172 g/mol. The zero-order valence-corrected chi connectivity index (χ0v) is 6.90. The van der Waals surface area contributed by atoms with Gasteiger partial charge in [0.2, 0.25) is 0 Å². The molecule has 0 radical (unpaired) electrons. The second-order valence-electron chi connectivity index (χ2n) is 2.66. The van der Waals surface area contributed by atoms with Crippen LogP contribution in [0.3, 0.4) is 0 Å². The first kappa shape index (κ1) is 7.73. The minimum atomic E-state index is -0.110. The zero-order valence-electron chi connectivity index (χ0n) is 6.90. The van der Waals surface area contributed by atoms with Crippen molar-refractivity contribution in [1.29, 1.82) is 0 Å². The first-order valence-electron chi connectivity index (χ1n) is 3.96. The molecule has 0 spiro atoms. The van der Waals surface area contributed by atoms with Gasteiger partial charge >= 0.3 is 0 Å². The van der Waals surface area contributed by atoms with Crippen LogP contribution in [0, 0.1) is 0 Å².